The van der Waals surface area contributed by atoms with Gasteiger partial charge < -0.3 is 4.98 Å². The van der Waals surface area contributed by atoms with Gasteiger partial charge in [-0.15, -0.1) is 0 Å². The number of hydrogen-bond acceptors (Lipinski definition) is 1. The van der Waals surface area contributed by atoms with Crippen molar-refractivity contribution in [2.75, 3.05) is 6.54 Å². The van der Waals surface area contributed by atoms with Crippen molar-refractivity contribution < 1.29 is 8.78 Å². The molecule has 2 nitrogen and oxygen atoms in total. The molecule has 2 rings (SSSR count). The van der Waals surface area contributed by atoms with E-state index in [1.807, 2.05) is 37.0 Å². The lowest BCUT2D eigenvalue weighted by molar-refractivity contribution is 0.0596. The first kappa shape index (κ1) is 14.0. The van der Waals surface area contributed by atoms with Crippen LogP contribution in [0.3, 0.4) is 0 Å². The van der Waals surface area contributed by atoms with Crippen LogP contribution in [0, 0.1) is 0 Å². The summed E-state index contributed by atoms with van der Waals surface area (Å²) < 4.78 is 25.1. The maximum Gasteiger partial charge on any atom is 0.251 e. The molecule has 4 heteroatoms. The number of nitrogens with zero attached hydrogens (tertiary/aromatic N) is 1. The monoisotopic (exact) mass is 266 g/mol. The van der Waals surface area contributed by atoms with Crippen LogP contribution < -0.4 is 0 Å². The summed E-state index contributed by atoms with van der Waals surface area (Å²) in [6.07, 6.45) is 4.31. The number of aromatic amines is 1. The van der Waals surface area contributed by atoms with Crippen molar-refractivity contribution in [1.29, 1.82) is 0 Å². The van der Waals surface area contributed by atoms with Gasteiger partial charge in [-0.1, -0.05) is 18.7 Å². The van der Waals surface area contributed by atoms with Gasteiger partial charge >= 0.3 is 0 Å². The lowest BCUT2D eigenvalue weighted by Gasteiger charge is -2.33. The number of hydrogen-bond donors (Lipinski definition) is 1. The van der Waals surface area contributed by atoms with Crippen LogP contribution in [0.5, 0.6) is 0 Å². The van der Waals surface area contributed by atoms with Crippen molar-refractivity contribution in [3.63, 3.8) is 0 Å². The lowest BCUT2D eigenvalue weighted by Crippen LogP contribution is -2.41. The van der Waals surface area contributed by atoms with Crippen molar-refractivity contribution in [3.05, 3.63) is 35.2 Å². The van der Waals surface area contributed by atoms with Gasteiger partial charge in [0, 0.05) is 29.5 Å². The summed E-state index contributed by atoms with van der Waals surface area (Å²) in [6.45, 7) is 8.21. The minimum atomic E-state index is -2.28. The predicted molar refractivity (Wildman–Crippen MR) is 75.2 cm³/mol. The third-order valence-corrected chi connectivity index (χ3v) is 3.66. The Morgan fingerprint density at radius 1 is 1.53 bits per heavy atom. The number of H-pyrrole nitrogens is 1. The number of alkyl halides is 2. The van der Waals surface area contributed by atoms with Crippen molar-refractivity contribution in [2.45, 2.75) is 39.3 Å². The Morgan fingerprint density at radius 3 is 2.84 bits per heavy atom. The molecule has 1 aromatic heterocycles. The Labute approximate surface area is 112 Å². The summed E-state index contributed by atoms with van der Waals surface area (Å²) in [7, 11) is 0. The molecule has 104 valence electrons. The van der Waals surface area contributed by atoms with Crippen LogP contribution in [0.15, 0.2) is 12.7 Å². The van der Waals surface area contributed by atoms with E-state index in [4.69, 9.17) is 0 Å². The molecule has 0 amide bonds. The number of halogens is 2. The molecule has 0 aromatic carbocycles. The van der Waals surface area contributed by atoms with Gasteiger partial charge in [0.05, 0.1) is 6.54 Å². The van der Waals surface area contributed by atoms with Crippen LogP contribution in [0.1, 0.15) is 36.4 Å². The number of allylic oxidation sites excluding steroid dienone is 1. The van der Waals surface area contributed by atoms with Gasteiger partial charge in [0.1, 0.15) is 0 Å². The van der Waals surface area contributed by atoms with E-state index in [9.17, 15) is 8.78 Å². The second-order valence-electron chi connectivity index (χ2n) is 4.99. The minimum Gasteiger partial charge on any atom is -0.357 e. The van der Waals surface area contributed by atoms with Crippen molar-refractivity contribution in [3.8, 4) is 0 Å². The molecular weight excluding hydrogens is 246 g/mol. The van der Waals surface area contributed by atoms with Crippen molar-refractivity contribution in [2.24, 2.45) is 0 Å². The second kappa shape index (κ2) is 5.70. The van der Waals surface area contributed by atoms with Crippen molar-refractivity contribution in [1.82, 2.24) is 9.88 Å². The zero-order valence-electron chi connectivity index (χ0n) is 11.4. The zero-order valence-corrected chi connectivity index (χ0v) is 11.4. The second-order valence-corrected chi connectivity index (χ2v) is 4.99. The van der Waals surface area contributed by atoms with Crippen LogP contribution in [-0.4, -0.2) is 28.9 Å². The topological polar surface area (TPSA) is 19.0 Å². The maximum absolute atomic E-state index is 12.6. The molecule has 2 heterocycles. The van der Waals surface area contributed by atoms with E-state index in [1.54, 1.807) is 0 Å². The Bertz CT molecular complexity index is 489. The first-order valence-electron chi connectivity index (χ1n) is 6.57. The molecule has 0 aliphatic carbocycles. The normalized spacial score (nSPS) is 20.2. The highest BCUT2D eigenvalue weighted by molar-refractivity contribution is 5.67. The highest BCUT2D eigenvalue weighted by Gasteiger charge is 2.28. The Hall–Kier alpha value is -1.42. The first-order chi connectivity index (χ1) is 9.06. The standard InChI is InChI=1S/C15H20F2N2/c1-4-6-13-11(5-2)12-7-10(3)19(9-15(16)17)8-14(12)18-13/h4-6,10,15,18H,2,7-9H2,1,3H3/b6-4-. The zero-order chi connectivity index (χ0) is 14.0. The van der Waals surface area contributed by atoms with E-state index >= 15 is 0 Å². The molecule has 0 saturated heterocycles. The summed E-state index contributed by atoms with van der Waals surface area (Å²) in [5.41, 5.74) is 4.40. The quantitative estimate of drug-likeness (QED) is 0.880. The molecule has 0 radical (unpaired) electrons. The van der Waals surface area contributed by atoms with E-state index in [0.29, 0.717) is 6.54 Å². The Balaban J connectivity index is 2.32. The van der Waals surface area contributed by atoms with E-state index in [2.05, 4.69) is 11.6 Å². The number of rotatable bonds is 4. The predicted octanol–water partition coefficient (Wildman–Crippen LogP) is 3.70. The maximum atomic E-state index is 12.6. The summed E-state index contributed by atoms with van der Waals surface area (Å²) in [4.78, 5) is 5.16. The number of aromatic nitrogens is 1. The molecule has 19 heavy (non-hydrogen) atoms. The van der Waals surface area contributed by atoms with Crippen LogP contribution in [0.2, 0.25) is 0 Å². The van der Waals surface area contributed by atoms with Gasteiger partial charge in [0.25, 0.3) is 6.43 Å². The molecular formula is C15H20F2N2. The summed E-state index contributed by atoms with van der Waals surface area (Å²) in [5, 5.41) is 0. The lowest BCUT2D eigenvalue weighted by atomic mass is 9.96. The molecule has 1 aromatic rings. The Morgan fingerprint density at radius 2 is 2.26 bits per heavy atom. The minimum absolute atomic E-state index is 0.134. The smallest absolute Gasteiger partial charge is 0.251 e. The fraction of sp³-hybridized carbons (Fsp3) is 0.467. The SMILES string of the molecule is C=Cc1c(/C=C\C)[nH]c2c1CC(C)N(CC(F)F)C2. The number of fused-ring (bicyclic) bond motifs is 1. The van der Waals surface area contributed by atoms with Gasteiger partial charge in [-0.2, -0.15) is 0 Å². The van der Waals surface area contributed by atoms with E-state index < -0.39 is 6.43 Å². The number of nitrogens with one attached hydrogen (secondary N) is 1. The highest BCUT2D eigenvalue weighted by atomic mass is 19.3. The molecule has 1 N–H and O–H groups in total. The molecule has 0 bridgehead atoms. The van der Waals surface area contributed by atoms with Gasteiger partial charge in [-0.3, -0.25) is 4.90 Å². The molecule has 1 aliphatic rings. The summed E-state index contributed by atoms with van der Waals surface area (Å²) in [5.74, 6) is 0. The van der Waals surface area contributed by atoms with Gasteiger partial charge in [0.2, 0.25) is 0 Å². The summed E-state index contributed by atoms with van der Waals surface area (Å²) >= 11 is 0. The third-order valence-electron chi connectivity index (χ3n) is 3.66. The Kier molecular flexibility index (Phi) is 4.20. The average Bonchev–Trinajstić information content (AvgIpc) is 2.66. The molecule has 1 atom stereocenters. The molecule has 1 unspecified atom stereocenters. The third kappa shape index (κ3) is 2.78. The average molecular weight is 266 g/mol. The largest absolute Gasteiger partial charge is 0.357 e. The van der Waals surface area contributed by atoms with Crippen LogP contribution in [-0.2, 0) is 13.0 Å². The van der Waals surface area contributed by atoms with Crippen LogP contribution in [0.25, 0.3) is 12.2 Å². The van der Waals surface area contributed by atoms with Crippen molar-refractivity contribution >= 4 is 12.2 Å². The van der Waals surface area contributed by atoms with Crippen LogP contribution >= 0.6 is 0 Å². The highest BCUT2D eigenvalue weighted by Crippen LogP contribution is 2.30. The molecule has 0 spiro atoms. The fourth-order valence-electron chi connectivity index (χ4n) is 2.74. The van der Waals surface area contributed by atoms with E-state index in [0.717, 1.165) is 23.4 Å². The van der Waals surface area contributed by atoms with Gasteiger partial charge in [-0.05, 0) is 31.9 Å². The first-order valence-corrected chi connectivity index (χ1v) is 6.57. The summed E-state index contributed by atoms with van der Waals surface area (Å²) in [6, 6.07) is 0.134. The molecule has 0 fully saturated rings. The van der Waals surface area contributed by atoms with Gasteiger partial charge in [-0.25, -0.2) is 8.78 Å². The van der Waals surface area contributed by atoms with Crippen LogP contribution in [0.4, 0.5) is 8.78 Å². The van der Waals surface area contributed by atoms with E-state index in [-0.39, 0.29) is 12.6 Å². The van der Waals surface area contributed by atoms with E-state index in [1.165, 1.54) is 5.56 Å². The molecule has 0 saturated carbocycles. The van der Waals surface area contributed by atoms with Gasteiger partial charge in [0.15, 0.2) is 0 Å². The molecule has 1 aliphatic heterocycles. The fourth-order valence-corrected chi connectivity index (χ4v) is 2.74.